The van der Waals surface area contributed by atoms with Gasteiger partial charge in [-0.1, -0.05) is 13.3 Å². The van der Waals surface area contributed by atoms with E-state index in [-0.39, 0.29) is 0 Å². The molecule has 0 aromatic carbocycles. The molecule has 0 rings (SSSR count). The van der Waals surface area contributed by atoms with E-state index in [1.807, 2.05) is 6.92 Å². The third-order valence-corrected chi connectivity index (χ3v) is 1.15. The molecule has 0 spiro atoms. The molecule has 0 atom stereocenters. The molecule has 0 radical (unpaired) electrons. The molecule has 0 bridgehead atoms. The van der Waals surface area contributed by atoms with Crippen molar-refractivity contribution in [3.05, 3.63) is 11.8 Å². The fraction of sp³-hybridized carbons (Fsp3) is 0.714. The number of aliphatic hydroxyl groups is 1. The highest BCUT2D eigenvalue weighted by molar-refractivity contribution is 4.90. The van der Waals surface area contributed by atoms with Crippen LogP contribution in [0, 0.1) is 0 Å². The van der Waals surface area contributed by atoms with Crippen LogP contribution in [0.2, 0.25) is 0 Å². The molecular weight excluding hydrogens is 100 g/mol. The Morgan fingerprint density at radius 2 is 2.25 bits per heavy atom. The summed E-state index contributed by atoms with van der Waals surface area (Å²) in [5.74, 6) is 0. The van der Waals surface area contributed by atoms with Crippen LogP contribution in [-0.4, -0.2) is 5.11 Å². The second-order valence-corrected chi connectivity index (χ2v) is 2.08. The van der Waals surface area contributed by atoms with E-state index in [0.29, 0.717) is 0 Å². The Bertz CT molecular complexity index is 74.5. The van der Waals surface area contributed by atoms with Crippen molar-refractivity contribution in [3.8, 4) is 0 Å². The van der Waals surface area contributed by atoms with E-state index in [1.165, 1.54) is 19.1 Å². The van der Waals surface area contributed by atoms with Crippen LogP contribution in [0.4, 0.5) is 0 Å². The first kappa shape index (κ1) is 7.54. The van der Waals surface area contributed by atoms with Gasteiger partial charge in [-0.25, -0.2) is 0 Å². The average Bonchev–Trinajstić information content (AvgIpc) is 1.83. The highest BCUT2D eigenvalue weighted by Gasteiger charge is 1.85. The Labute approximate surface area is 51.0 Å². The maximum atomic E-state index is 8.40. The summed E-state index contributed by atoms with van der Waals surface area (Å²) < 4.78 is 0. The molecule has 0 aliphatic carbocycles. The van der Waals surface area contributed by atoms with Gasteiger partial charge >= 0.3 is 0 Å². The van der Waals surface area contributed by atoms with Crippen molar-refractivity contribution in [2.24, 2.45) is 0 Å². The van der Waals surface area contributed by atoms with Gasteiger partial charge in [-0.15, -0.1) is 0 Å². The summed E-state index contributed by atoms with van der Waals surface area (Å²) in [7, 11) is 0. The lowest BCUT2D eigenvalue weighted by molar-refractivity contribution is 0.463. The van der Waals surface area contributed by atoms with E-state index < -0.39 is 0 Å². The minimum Gasteiger partial charge on any atom is -0.516 e. The minimum absolute atomic E-state index is 1.03. The first-order valence-corrected chi connectivity index (χ1v) is 3.11. The van der Waals surface area contributed by atoms with Crippen molar-refractivity contribution in [2.45, 2.75) is 33.1 Å². The Morgan fingerprint density at radius 1 is 1.62 bits per heavy atom. The van der Waals surface area contributed by atoms with Crippen LogP contribution in [0.5, 0.6) is 0 Å². The summed E-state index contributed by atoms with van der Waals surface area (Å²) in [5, 5.41) is 8.40. The van der Waals surface area contributed by atoms with Gasteiger partial charge in [0.1, 0.15) is 0 Å². The van der Waals surface area contributed by atoms with E-state index >= 15 is 0 Å². The van der Waals surface area contributed by atoms with Crippen molar-refractivity contribution in [1.29, 1.82) is 0 Å². The van der Waals surface area contributed by atoms with Gasteiger partial charge in [-0.2, -0.15) is 0 Å². The zero-order valence-corrected chi connectivity index (χ0v) is 5.65. The molecule has 1 N–H and O–H groups in total. The van der Waals surface area contributed by atoms with Crippen LogP contribution in [0.25, 0.3) is 0 Å². The molecule has 0 fully saturated rings. The maximum absolute atomic E-state index is 8.40. The predicted molar refractivity (Wildman–Crippen MR) is 35.9 cm³/mol. The SMILES string of the molecule is CCCCC(C)=CO. The summed E-state index contributed by atoms with van der Waals surface area (Å²) in [6.07, 6.45) is 4.61. The number of unbranched alkanes of at least 4 members (excludes halogenated alkanes) is 1. The molecule has 0 aromatic heterocycles. The number of hydrogen-bond donors (Lipinski definition) is 1. The first-order chi connectivity index (χ1) is 3.81. The number of aliphatic hydroxyl groups excluding tert-OH is 1. The van der Waals surface area contributed by atoms with Crippen LogP contribution in [-0.2, 0) is 0 Å². The van der Waals surface area contributed by atoms with Gasteiger partial charge < -0.3 is 5.11 Å². The Kier molecular flexibility index (Phi) is 4.42. The molecule has 1 heteroatoms. The normalized spacial score (nSPS) is 12.0. The van der Waals surface area contributed by atoms with E-state index in [1.54, 1.807) is 0 Å². The topological polar surface area (TPSA) is 20.2 Å². The lowest BCUT2D eigenvalue weighted by Gasteiger charge is -1.93. The van der Waals surface area contributed by atoms with Gasteiger partial charge in [0.15, 0.2) is 0 Å². The van der Waals surface area contributed by atoms with Gasteiger partial charge in [0.2, 0.25) is 0 Å². The molecule has 0 saturated carbocycles. The van der Waals surface area contributed by atoms with Gasteiger partial charge in [-0.05, 0) is 25.3 Å². The average molecular weight is 114 g/mol. The van der Waals surface area contributed by atoms with Crippen molar-refractivity contribution in [1.82, 2.24) is 0 Å². The lowest BCUT2D eigenvalue weighted by atomic mass is 10.1. The predicted octanol–water partition coefficient (Wildman–Crippen LogP) is 2.64. The molecule has 0 amide bonds. The van der Waals surface area contributed by atoms with E-state index in [2.05, 4.69) is 6.92 Å². The van der Waals surface area contributed by atoms with E-state index in [4.69, 9.17) is 5.11 Å². The highest BCUT2D eigenvalue weighted by Crippen LogP contribution is 2.03. The molecule has 0 heterocycles. The van der Waals surface area contributed by atoms with Crippen LogP contribution >= 0.6 is 0 Å². The van der Waals surface area contributed by atoms with E-state index in [9.17, 15) is 0 Å². The summed E-state index contributed by atoms with van der Waals surface area (Å²) in [6, 6.07) is 0. The number of allylic oxidation sites excluding steroid dienone is 1. The summed E-state index contributed by atoms with van der Waals surface area (Å²) >= 11 is 0. The van der Waals surface area contributed by atoms with Gasteiger partial charge in [-0.3, -0.25) is 0 Å². The zero-order valence-electron chi connectivity index (χ0n) is 5.65. The fourth-order valence-electron chi connectivity index (χ4n) is 0.520. The molecule has 1 nitrogen and oxygen atoms in total. The smallest absolute Gasteiger partial charge is 0.0780 e. The summed E-state index contributed by atoms with van der Waals surface area (Å²) in [6.45, 7) is 4.08. The molecular formula is C7H14O. The molecule has 8 heavy (non-hydrogen) atoms. The minimum atomic E-state index is 1.03. The summed E-state index contributed by atoms with van der Waals surface area (Å²) in [4.78, 5) is 0. The largest absolute Gasteiger partial charge is 0.516 e. The fourth-order valence-corrected chi connectivity index (χ4v) is 0.520. The van der Waals surface area contributed by atoms with Gasteiger partial charge in [0.25, 0.3) is 0 Å². The Morgan fingerprint density at radius 3 is 2.62 bits per heavy atom. The third kappa shape index (κ3) is 3.72. The van der Waals surface area contributed by atoms with Crippen molar-refractivity contribution >= 4 is 0 Å². The molecule has 0 aliphatic heterocycles. The Balaban J connectivity index is 3.12. The zero-order chi connectivity index (χ0) is 6.41. The third-order valence-electron chi connectivity index (χ3n) is 1.15. The van der Waals surface area contributed by atoms with E-state index in [0.717, 1.165) is 12.0 Å². The maximum Gasteiger partial charge on any atom is 0.0780 e. The quantitative estimate of drug-likeness (QED) is 0.559. The van der Waals surface area contributed by atoms with Crippen LogP contribution < -0.4 is 0 Å². The van der Waals surface area contributed by atoms with Crippen LogP contribution in [0.3, 0.4) is 0 Å². The van der Waals surface area contributed by atoms with Crippen molar-refractivity contribution in [2.75, 3.05) is 0 Å². The van der Waals surface area contributed by atoms with Crippen LogP contribution in [0.15, 0.2) is 11.8 Å². The molecule has 48 valence electrons. The standard InChI is InChI=1S/C7H14O/c1-3-4-5-7(2)6-8/h6,8H,3-5H2,1-2H3. The molecule has 0 unspecified atom stereocenters. The molecule has 0 aliphatic rings. The van der Waals surface area contributed by atoms with Crippen LogP contribution in [0.1, 0.15) is 33.1 Å². The Hall–Kier alpha value is -0.460. The lowest BCUT2D eigenvalue weighted by Crippen LogP contribution is -1.75. The highest BCUT2D eigenvalue weighted by atomic mass is 16.2. The number of rotatable bonds is 3. The molecule has 0 aromatic rings. The van der Waals surface area contributed by atoms with Gasteiger partial charge in [0.05, 0.1) is 6.26 Å². The first-order valence-electron chi connectivity index (χ1n) is 3.11. The second-order valence-electron chi connectivity index (χ2n) is 2.08. The monoisotopic (exact) mass is 114 g/mol. The van der Waals surface area contributed by atoms with Gasteiger partial charge in [0, 0.05) is 0 Å². The van der Waals surface area contributed by atoms with Crippen molar-refractivity contribution < 1.29 is 5.11 Å². The second kappa shape index (κ2) is 4.69. The summed E-state index contributed by atoms with van der Waals surface area (Å²) in [5.41, 5.74) is 1.08. The molecule has 0 saturated heterocycles. The number of hydrogen-bond acceptors (Lipinski definition) is 1. The van der Waals surface area contributed by atoms with Crippen molar-refractivity contribution in [3.63, 3.8) is 0 Å².